The monoisotopic (exact) mass is 266 g/mol. The molecule has 1 saturated heterocycles. The first-order valence-electron chi connectivity index (χ1n) is 7.07. The first-order chi connectivity index (χ1) is 8.94. The van der Waals surface area contributed by atoms with Crippen LogP contribution >= 0.6 is 0 Å². The van der Waals surface area contributed by atoms with Crippen LogP contribution in [0.15, 0.2) is 16.7 Å². The molecule has 1 fully saturated rings. The Hall–Kier alpha value is -0.840. The Balaban J connectivity index is 1.86. The van der Waals surface area contributed by atoms with Crippen LogP contribution in [-0.4, -0.2) is 36.2 Å². The van der Waals surface area contributed by atoms with Gasteiger partial charge in [-0.15, -0.1) is 0 Å². The Bertz CT molecular complexity index is 395. The van der Waals surface area contributed by atoms with Gasteiger partial charge in [-0.05, 0) is 33.8 Å². The Kier molecular flexibility index (Phi) is 4.66. The molecule has 0 radical (unpaired) electrons. The van der Waals surface area contributed by atoms with Gasteiger partial charge in [-0.2, -0.15) is 0 Å². The molecule has 0 spiro atoms. The third-order valence-corrected chi connectivity index (χ3v) is 3.40. The zero-order chi connectivity index (χ0) is 13.9. The van der Waals surface area contributed by atoms with Crippen molar-refractivity contribution in [3.05, 3.63) is 23.7 Å². The van der Waals surface area contributed by atoms with E-state index in [9.17, 15) is 0 Å². The molecule has 2 heterocycles. The van der Waals surface area contributed by atoms with Gasteiger partial charge in [0, 0.05) is 30.2 Å². The van der Waals surface area contributed by atoms with Crippen molar-refractivity contribution in [2.24, 2.45) is 0 Å². The van der Waals surface area contributed by atoms with E-state index < -0.39 is 0 Å². The molecule has 19 heavy (non-hydrogen) atoms. The van der Waals surface area contributed by atoms with Gasteiger partial charge in [-0.25, -0.2) is 0 Å². The maximum atomic E-state index is 5.66. The quantitative estimate of drug-likeness (QED) is 0.908. The predicted octanol–water partition coefficient (Wildman–Crippen LogP) is 2.39. The van der Waals surface area contributed by atoms with Gasteiger partial charge < -0.3 is 14.5 Å². The summed E-state index contributed by atoms with van der Waals surface area (Å²) >= 11 is 0. The average molecular weight is 266 g/mol. The molecule has 2 rings (SSSR count). The minimum atomic E-state index is 0.135. The molecule has 1 aliphatic heterocycles. The van der Waals surface area contributed by atoms with E-state index in [1.165, 1.54) is 5.56 Å². The summed E-state index contributed by atoms with van der Waals surface area (Å²) in [6, 6.07) is 2.62. The van der Waals surface area contributed by atoms with Gasteiger partial charge in [0.1, 0.15) is 5.76 Å². The van der Waals surface area contributed by atoms with E-state index in [1.807, 2.05) is 6.26 Å². The number of ether oxygens (including phenoxy) is 1. The lowest BCUT2D eigenvalue weighted by molar-refractivity contribution is -0.00708. The fourth-order valence-corrected chi connectivity index (χ4v) is 2.17. The molecule has 1 N–H and O–H groups in total. The predicted molar refractivity (Wildman–Crippen MR) is 76.0 cm³/mol. The topological polar surface area (TPSA) is 37.6 Å². The highest BCUT2D eigenvalue weighted by Gasteiger charge is 2.20. The molecule has 108 valence electrons. The summed E-state index contributed by atoms with van der Waals surface area (Å²) in [6.45, 7) is 13.1. The van der Waals surface area contributed by atoms with E-state index in [2.05, 4.69) is 44.0 Å². The van der Waals surface area contributed by atoms with E-state index in [0.717, 1.165) is 38.6 Å². The van der Waals surface area contributed by atoms with Crippen molar-refractivity contribution in [2.75, 3.05) is 19.8 Å². The van der Waals surface area contributed by atoms with Crippen LogP contribution in [0.3, 0.4) is 0 Å². The summed E-state index contributed by atoms with van der Waals surface area (Å²) < 4.78 is 11.1. The van der Waals surface area contributed by atoms with Gasteiger partial charge in [0.15, 0.2) is 0 Å². The highest BCUT2D eigenvalue weighted by Crippen LogP contribution is 2.15. The largest absolute Gasteiger partial charge is 0.468 e. The van der Waals surface area contributed by atoms with Crippen LogP contribution in [0.2, 0.25) is 0 Å². The number of hydrogen-bond donors (Lipinski definition) is 1. The Morgan fingerprint density at radius 1 is 1.42 bits per heavy atom. The standard InChI is InChI=1S/C15H26N2O2/c1-12-10-18-6-5-17(12)9-14-7-13(11-19-14)8-16-15(2,3)4/h7,11-12,16H,5-6,8-10H2,1-4H3. The molecular weight excluding hydrogens is 240 g/mol. The SMILES string of the molecule is CC1COCCN1Cc1cc(CNC(C)(C)C)co1. The minimum absolute atomic E-state index is 0.135. The molecule has 4 heteroatoms. The molecule has 0 aliphatic carbocycles. The zero-order valence-corrected chi connectivity index (χ0v) is 12.5. The van der Waals surface area contributed by atoms with E-state index in [4.69, 9.17) is 9.15 Å². The summed E-state index contributed by atoms with van der Waals surface area (Å²) in [4.78, 5) is 2.41. The van der Waals surface area contributed by atoms with Crippen LogP contribution in [0.5, 0.6) is 0 Å². The first-order valence-corrected chi connectivity index (χ1v) is 7.07. The van der Waals surface area contributed by atoms with Crippen LogP contribution < -0.4 is 5.32 Å². The molecule has 0 aromatic carbocycles. The number of hydrogen-bond acceptors (Lipinski definition) is 4. The maximum Gasteiger partial charge on any atom is 0.118 e. The van der Waals surface area contributed by atoms with Gasteiger partial charge >= 0.3 is 0 Å². The molecule has 0 bridgehead atoms. The summed E-state index contributed by atoms with van der Waals surface area (Å²) in [5, 5.41) is 3.47. The molecule has 1 aromatic rings. The molecule has 0 amide bonds. The third-order valence-electron chi connectivity index (χ3n) is 3.40. The van der Waals surface area contributed by atoms with Crippen molar-refractivity contribution in [2.45, 2.75) is 52.4 Å². The van der Waals surface area contributed by atoms with Gasteiger partial charge in [0.2, 0.25) is 0 Å². The average Bonchev–Trinajstić information content (AvgIpc) is 2.77. The van der Waals surface area contributed by atoms with Gasteiger partial charge in [0.05, 0.1) is 26.0 Å². The van der Waals surface area contributed by atoms with Crippen LogP contribution in [-0.2, 0) is 17.8 Å². The van der Waals surface area contributed by atoms with Crippen molar-refractivity contribution < 1.29 is 9.15 Å². The van der Waals surface area contributed by atoms with Crippen LogP contribution in [0.1, 0.15) is 39.0 Å². The maximum absolute atomic E-state index is 5.66. The highest BCUT2D eigenvalue weighted by molar-refractivity contribution is 5.13. The van der Waals surface area contributed by atoms with Crippen molar-refractivity contribution in [1.29, 1.82) is 0 Å². The lowest BCUT2D eigenvalue weighted by Gasteiger charge is -2.32. The first kappa shape index (κ1) is 14.6. The molecule has 1 atom stereocenters. The zero-order valence-electron chi connectivity index (χ0n) is 12.5. The lowest BCUT2D eigenvalue weighted by Crippen LogP contribution is -2.42. The van der Waals surface area contributed by atoms with Crippen LogP contribution in [0.25, 0.3) is 0 Å². The van der Waals surface area contributed by atoms with Crippen LogP contribution in [0, 0.1) is 0 Å². The summed E-state index contributed by atoms with van der Waals surface area (Å²) in [6.07, 6.45) is 1.86. The summed E-state index contributed by atoms with van der Waals surface area (Å²) in [7, 11) is 0. The smallest absolute Gasteiger partial charge is 0.118 e. The Morgan fingerprint density at radius 2 is 2.21 bits per heavy atom. The van der Waals surface area contributed by atoms with Crippen LogP contribution in [0.4, 0.5) is 0 Å². The normalized spacial score (nSPS) is 21.8. The second-order valence-electron chi connectivity index (χ2n) is 6.42. The molecule has 1 unspecified atom stereocenters. The molecule has 1 aromatic heterocycles. The van der Waals surface area contributed by atoms with E-state index in [1.54, 1.807) is 0 Å². The van der Waals surface area contributed by atoms with Crippen molar-refractivity contribution in [1.82, 2.24) is 10.2 Å². The van der Waals surface area contributed by atoms with Crippen molar-refractivity contribution in [3.8, 4) is 0 Å². The number of furan rings is 1. The van der Waals surface area contributed by atoms with Gasteiger partial charge in [-0.1, -0.05) is 0 Å². The van der Waals surface area contributed by atoms with Gasteiger partial charge in [-0.3, -0.25) is 4.90 Å². The van der Waals surface area contributed by atoms with E-state index >= 15 is 0 Å². The second-order valence-corrected chi connectivity index (χ2v) is 6.42. The fourth-order valence-electron chi connectivity index (χ4n) is 2.17. The number of nitrogens with one attached hydrogen (secondary N) is 1. The molecular formula is C15H26N2O2. The number of nitrogens with zero attached hydrogens (tertiary/aromatic N) is 1. The van der Waals surface area contributed by atoms with Gasteiger partial charge in [0.25, 0.3) is 0 Å². The minimum Gasteiger partial charge on any atom is -0.468 e. The van der Waals surface area contributed by atoms with E-state index in [-0.39, 0.29) is 5.54 Å². The van der Waals surface area contributed by atoms with E-state index in [0.29, 0.717) is 6.04 Å². The number of morpholine rings is 1. The summed E-state index contributed by atoms with van der Waals surface area (Å²) in [5.41, 5.74) is 1.35. The fraction of sp³-hybridized carbons (Fsp3) is 0.733. The molecule has 4 nitrogen and oxygen atoms in total. The Morgan fingerprint density at radius 3 is 2.89 bits per heavy atom. The second kappa shape index (κ2) is 6.07. The molecule has 0 saturated carbocycles. The van der Waals surface area contributed by atoms with Crippen molar-refractivity contribution >= 4 is 0 Å². The molecule has 1 aliphatic rings. The third kappa shape index (κ3) is 4.64. The summed E-state index contributed by atoms with van der Waals surface area (Å²) in [5.74, 6) is 1.04. The highest BCUT2D eigenvalue weighted by atomic mass is 16.5. The Labute approximate surface area is 116 Å². The lowest BCUT2D eigenvalue weighted by atomic mass is 10.1. The van der Waals surface area contributed by atoms with Crippen molar-refractivity contribution in [3.63, 3.8) is 0 Å². The number of rotatable bonds is 4.